The van der Waals surface area contributed by atoms with Crippen LogP contribution in [0.2, 0.25) is 0 Å². The molecule has 0 bridgehead atoms. The van der Waals surface area contributed by atoms with Gasteiger partial charge in [-0.05, 0) is 96.3 Å². The number of allylic oxidation sites excluding steroid dienone is 3. The highest BCUT2D eigenvalue weighted by Crippen LogP contribution is 2.48. The van der Waals surface area contributed by atoms with Crippen LogP contribution in [0.25, 0.3) is 0 Å². The largest absolute Gasteiger partial charge is 0.396 e. The van der Waals surface area contributed by atoms with E-state index in [0.29, 0.717) is 43.6 Å². The van der Waals surface area contributed by atoms with E-state index in [0.717, 1.165) is 64.2 Å². The fraction of sp³-hybridized carbons (Fsp3) is 0.897. The third kappa shape index (κ3) is 10.3. The average molecular weight is 665 g/mol. The predicted octanol–water partition coefficient (Wildman–Crippen LogP) is 6.68. The molecule has 14 atom stereocenters. The summed E-state index contributed by atoms with van der Waals surface area (Å²) in [6, 6.07) is 0. The first-order chi connectivity index (χ1) is 22.4. The number of ether oxygens (including phenoxy) is 5. The Labute approximate surface area is 285 Å². The molecule has 4 heterocycles. The molecular weight excluding hydrogens is 596 g/mol. The lowest BCUT2D eigenvalue weighted by atomic mass is 9.79. The van der Waals surface area contributed by atoms with Crippen LogP contribution in [-0.2, 0) is 23.7 Å². The third-order valence-electron chi connectivity index (χ3n) is 11.9. The monoisotopic (exact) mass is 664 g/mol. The summed E-state index contributed by atoms with van der Waals surface area (Å²) < 4.78 is 34.0. The Bertz CT molecular complexity index is 973. The lowest BCUT2D eigenvalue weighted by Gasteiger charge is -2.49. The van der Waals surface area contributed by atoms with Crippen LogP contribution < -0.4 is 0 Å². The van der Waals surface area contributed by atoms with Gasteiger partial charge in [0, 0.05) is 26.1 Å². The zero-order valence-electron chi connectivity index (χ0n) is 30.4. The SMILES string of the molecule is C=C/C=C\CCCO[C@H]1CC[C@@]2(C)O[C@H]3C(O)C[C@@]4(C)O[C@@H](CCCC(C)C(C)CCO)C(C)CC4OC3CC2OC1CC[C@@H](C)O. The lowest BCUT2D eigenvalue weighted by Crippen LogP contribution is -2.59. The molecule has 47 heavy (non-hydrogen) atoms. The summed E-state index contributed by atoms with van der Waals surface area (Å²) in [6.07, 6.45) is 14.5. The zero-order valence-corrected chi connectivity index (χ0v) is 30.4. The second kappa shape index (κ2) is 17.9. The Morgan fingerprint density at radius 2 is 1.68 bits per heavy atom. The van der Waals surface area contributed by atoms with Crippen molar-refractivity contribution in [2.24, 2.45) is 17.8 Å². The molecule has 4 fully saturated rings. The molecule has 0 spiro atoms. The molecule has 8 unspecified atom stereocenters. The van der Waals surface area contributed by atoms with Gasteiger partial charge in [0.2, 0.25) is 0 Å². The van der Waals surface area contributed by atoms with E-state index in [-0.39, 0.29) is 43.2 Å². The van der Waals surface area contributed by atoms with Gasteiger partial charge in [-0.1, -0.05) is 58.4 Å². The van der Waals surface area contributed by atoms with Crippen LogP contribution in [0.1, 0.15) is 125 Å². The summed E-state index contributed by atoms with van der Waals surface area (Å²) in [5.74, 6) is 1.44. The van der Waals surface area contributed by atoms with Gasteiger partial charge < -0.3 is 39.0 Å². The second-order valence-electron chi connectivity index (χ2n) is 16.0. The Morgan fingerprint density at radius 1 is 0.936 bits per heavy atom. The molecule has 8 heteroatoms. The fourth-order valence-electron chi connectivity index (χ4n) is 8.48. The van der Waals surface area contributed by atoms with Crippen molar-refractivity contribution in [1.82, 2.24) is 0 Å². The molecule has 0 aromatic rings. The molecule has 4 saturated heterocycles. The minimum atomic E-state index is -0.703. The molecule has 8 nitrogen and oxygen atoms in total. The van der Waals surface area contributed by atoms with Crippen molar-refractivity contribution in [3.8, 4) is 0 Å². The van der Waals surface area contributed by atoms with E-state index in [4.69, 9.17) is 23.7 Å². The van der Waals surface area contributed by atoms with Crippen LogP contribution >= 0.6 is 0 Å². The van der Waals surface area contributed by atoms with Crippen LogP contribution in [-0.4, -0.2) is 94.7 Å². The van der Waals surface area contributed by atoms with E-state index < -0.39 is 29.5 Å². The first-order valence-corrected chi connectivity index (χ1v) is 18.9. The van der Waals surface area contributed by atoms with Gasteiger partial charge >= 0.3 is 0 Å². The number of aliphatic hydroxyl groups excluding tert-OH is 3. The molecule has 0 radical (unpaired) electrons. The van der Waals surface area contributed by atoms with E-state index in [9.17, 15) is 15.3 Å². The fourth-order valence-corrected chi connectivity index (χ4v) is 8.48. The number of rotatable bonds is 16. The molecule has 4 aliphatic heterocycles. The summed E-state index contributed by atoms with van der Waals surface area (Å²) in [7, 11) is 0. The van der Waals surface area contributed by atoms with Crippen LogP contribution in [0.4, 0.5) is 0 Å². The summed E-state index contributed by atoms with van der Waals surface area (Å²) >= 11 is 0. The molecule has 0 aliphatic carbocycles. The van der Waals surface area contributed by atoms with Gasteiger partial charge in [0.1, 0.15) is 6.10 Å². The quantitative estimate of drug-likeness (QED) is 0.124. The van der Waals surface area contributed by atoms with Gasteiger partial charge in [-0.25, -0.2) is 0 Å². The maximum Gasteiger partial charge on any atom is 0.111 e. The van der Waals surface area contributed by atoms with Gasteiger partial charge in [0.25, 0.3) is 0 Å². The summed E-state index contributed by atoms with van der Waals surface area (Å²) in [4.78, 5) is 0. The Morgan fingerprint density at radius 3 is 2.40 bits per heavy atom. The summed E-state index contributed by atoms with van der Waals surface area (Å²) in [5, 5.41) is 31.2. The van der Waals surface area contributed by atoms with Crippen molar-refractivity contribution in [3.05, 3.63) is 24.8 Å². The van der Waals surface area contributed by atoms with Crippen LogP contribution in [0.15, 0.2) is 24.8 Å². The molecule has 0 saturated carbocycles. The molecule has 272 valence electrons. The second-order valence-corrected chi connectivity index (χ2v) is 16.0. The van der Waals surface area contributed by atoms with Crippen molar-refractivity contribution in [1.29, 1.82) is 0 Å². The first kappa shape index (κ1) is 39.0. The summed E-state index contributed by atoms with van der Waals surface area (Å²) in [6.45, 7) is 17.5. The Balaban J connectivity index is 1.41. The van der Waals surface area contributed by atoms with E-state index >= 15 is 0 Å². The minimum absolute atomic E-state index is 0.0764. The zero-order chi connectivity index (χ0) is 34.2. The number of aliphatic hydroxyl groups is 3. The highest BCUT2D eigenvalue weighted by molar-refractivity contribution is 5.06. The van der Waals surface area contributed by atoms with Crippen molar-refractivity contribution in [3.63, 3.8) is 0 Å². The third-order valence-corrected chi connectivity index (χ3v) is 11.9. The van der Waals surface area contributed by atoms with E-state index in [1.54, 1.807) is 6.08 Å². The van der Waals surface area contributed by atoms with Crippen molar-refractivity contribution in [2.75, 3.05) is 13.2 Å². The molecule has 0 aromatic heterocycles. The summed E-state index contributed by atoms with van der Waals surface area (Å²) in [5.41, 5.74) is -1.16. The van der Waals surface area contributed by atoms with Crippen LogP contribution in [0.3, 0.4) is 0 Å². The highest BCUT2D eigenvalue weighted by Gasteiger charge is 2.57. The molecule has 4 aliphatic rings. The van der Waals surface area contributed by atoms with Gasteiger partial charge in [-0.3, -0.25) is 0 Å². The van der Waals surface area contributed by atoms with Gasteiger partial charge in [0.05, 0.1) is 60.0 Å². The van der Waals surface area contributed by atoms with E-state index in [1.807, 2.05) is 13.0 Å². The first-order valence-electron chi connectivity index (χ1n) is 18.9. The van der Waals surface area contributed by atoms with Crippen LogP contribution in [0, 0.1) is 17.8 Å². The Hall–Kier alpha value is -0.840. The standard InChI is InChI=1S/C39H68O8/c1-8-9-10-11-12-22-43-32-18-20-38(6)36(44-33(32)17-16-29(5)41)24-34-37(47-38)30(42)25-39(7)35(45-34)23-28(4)31(46-39)15-13-14-26(2)27(3)19-21-40/h8-10,26-37,40-42H,1,11-25H2,2-7H3/b10-9-/t26?,27?,28?,29-,30?,31+,32+,33?,34?,35?,36?,37+,38-,39-/m1/s1. The smallest absolute Gasteiger partial charge is 0.111 e. The highest BCUT2D eigenvalue weighted by atomic mass is 16.6. The van der Waals surface area contributed by atoms with Gasteiger partial charge in [-0.15, -0.1) is 0 Å². The maximum absolute atomic E-state index is 11.7. The molecule has 4 rings (SSSR count). The number of hydrogen-bond acceptors (Lipinski definition) is 8. The average Bonchev–Trinajstić information content (AvgIpc) is 3.21. The van der Waals surface area contributed by atoms with Crippen molar-refractivity contribution < 1.29 is 39.0 Å². The molecule has 0 amide bonds. The maximum atomic E-state index is 11.7. The van der Waals surface area contributed by atoms with Gasteiger partial charge in [0.15, 0.2) is 0 Å². The number of hydrogen-bond donors (Lipinski definition) is 3. The number of fused-ring (bicyclic) bond motifs is 3. The molecular formula is C39H68O8. The molecule has 0 aromatic carbocycles. The number of unbranched alkanes of at least 4 members (excludes halogenated alkanes) is 1. The minimum Gasteiger partial charge on any atom is -0.396 e. The van der Waals surface area contributed by atoms with Crippen molar-refractivity contribution >= 4 is 0 Å². The van der Waals surface area contributed by atoms with E-state index in [1.165, 1.54) is 0 Å². The lowest BCUT2D eigenvalue weighted by molar-refractivity contribution is -0.273. The van der Waals surface area contributed by atoms with Crippen LogP contribution in [0.5, 0.6) is 0 Å². The topological polar surface area (TPSA) is 107 Å². The normalized spacial score (nSPS) is 41.2. The Kier molecular flexibility index (Phi) is 14.8. The molecule has 3 N–H and O–H groups in total. The van der Waals surface area contributed by atoms with Gasteiger partial charge in [-0.2, -0.15) is 0 Å². The predicted molar refractivity (Wildman–Crippen MR) is 185 cm³/mol. The van der Waals surface area contributed by atoms with Crippen molar-refractivity contribution in [2.45, 2.75) is 191 Å². The van der Waals surface area contributed by atoms with E-state index in [2.05, 4.69) is 47.3 Å².